The first-order valence-electron chi connectivity index (χ1n) is 5.25. The molecule has 1 aliphatic heterocycles. The Morgan fingerprint density at radius 3 is 3.19 bits per heavy atom. The van der Waals surface area contributed by atoms with E-state index in [1.165, 1.54) is 6.20 Å². The Hall–Kier alpha value is -1.13. The molecule has 1 unspecified atom stereocenters. The molecule has 2 rings (SSSR count). The monoisotopic (exact) mass is 240 g/mol. The summed E-state index contributed by atoms with van der Waals surface area (Å²) in [6.45, 7) is 0.679. The molecule has 1 aromatic heterocycles. The standard InChI is InChI=1S/C11H13ClN2O2/c12-10-3-4-13-6-9(10)11(16)14-5-1-2-8(14)7-15/h3-4,6,8,15H,1-2,5,7H2. The van der Waals surface area contributed by atoms with Crippen molar-refractivity contribution in [2.24, 2.45) is 0 Å². The maximum Gasteiger partial charge on any atom is 0.257 e. The molecular weight excluding hydrogens is 228 g/mol. The molecule has 1 aromatic rings. The number of aliphatic hydroxyl groups is 1. The summed E-state index contributed by atoms with van der Waals surface area (Å²) < 4.78 is 0. The van der Waals surface area contributed by atoms with Crippen LogP contribution in [0.4, 0.5) is 0 Å². The van der Waals surface area contributed by atoms with Gasteiger partial charge in [0, 0.05) is 18.9 Å². The van der Waals surface area contributed by atoms with Gasteiger partial charge >= 0.3 is 0 Å². The lowest BCUT2D eigenvalue weighted by Crippen LogP contribution is -2.37. The summed E-state index contributed by atoms with van der Waals surface area (Å²) in [7, 11) is 0. The van der Waals surface area contributed by atoms with Crippen molar-refractivity contribution in [3.63, 3.8) is 0 Å². The lowest BCUT2D eigenvalue weighted by molar-refractivity contribution is 0.0677. The van der Waals surface area contributed by atoms with Gasteiger partial charge in [0.25, 0.3) is 5.91 Å². The van der Waals surface area contributed by atoms with Gasteiger partial charge in [-0.15, -0.1) is 0 Å². The number of halogens is 1. The van der Waals surface area contributed by atoms with Gasteiger partial charge in [-0.3, -0.25) is 9.78 Å². The van der Waals surface area contributed by atoms with Crippen LogP contribution < -0.4 is 0 Å². The normalized spacial score (nSPS) is 20.1. The van der Waals surface area contributed by atoms with E-state index in [9.17, 15) is 4.79 Å². The maximum absolute atomic E-state index is 12.1. The zero-order chi connectivity index (χ0) is 11.5. The number of nitrogens with zero attached hydrogens (tertiary/aromatic N) is 2. The number of pyridine rings is 1. The molecule has 1 aliphatic rings. The Morgan fingerprint density at radius 1 is 1.69 bits per heavy atom. The second kappa shape index (κ2) is 4.80. The van der Waals surface area contributed by atoms with Crippen molar-refractivity contribution >= 4 is 17.5 Å². The number of carbonyl (C=O) groups is 1. The molecule has 0 bridgehead atoms. The fourth-order valence-corrected chi connectivity index (χ4v) is 2.17. The number of rotatable bonds is 2. The second-order valence-electron chi connectivity index (χ2n) is 3.83. The number of amides is 1. The van der Waals surface area contributed by atoms with Gasteiger partial charge in [0.15, 0.2) is 0 Å². The highest BCUT2D eigenvalue weighted by Gasteiger charge is 2.29. The summed E-state index contributed by atoms with van der Waals surface area (Å²) in [6.07, 6.45) is 4.79. The van der Waals surface area contributed by atoms with Crippen LogP contribution in [0, 0.1) is 0 Å². The SMILES string of the molecule is O=C(c1cnccc1Cl)N1CCCC1CO. The molecule has 0 radical (unpaired) electrons. The van der Waals surface area contributed by atoms with Gasteiger partial charge in [-0.1, -0.05) is 11.6 Å². The third kappa shape index (κ3) is 2.03. The summed E-state index contributed by atoms with van der Waals surface area (Å²) in [4.78, 5) is 17.7. The van der Waals surface area contributed by atoms with Crippen LogP contribution in [0.2, 0.25) is 5.02 Å². The Labute approximate surface area is 98.9 Å². The van der Waals surface area contributed by atoms with E-state index in [-0.39, 0.29) is 18.6 Å². The van der Waals surface area contributed by atoms with E-state index in [0.717, 1.165) is 12.8 Å². The van der Waals surface area contributed by atoms with Crippen molar-refractivity contribution in [2.75, 3.05) is 13.2 Å². The summed E-state index contributed by atoms with van der Waals surface area (Å²) in [5.74, 6) is -0.144. The van der Waals surface area contributed by atoms with Gasteiger partial charge in [-0.05, 0) is 18.9 Å². The predicted octanol–water partition coefficient (Wildman–Crippen LogP) is 1.33. The average molecular weight is 241 g/mol. The first kappa shape index (κ1) is 11.4. The maximum atomic E-state index is 12.1. The lowest BCUT2D eigenvalue weighted by Gasteiger charge is -2.23. The summed E-state index contributed by atoms with van der Waals surface area (Å²) in [5.41, 5.74) is 0.407. The highest BCUT2D eigenvalue weighted by molar-refractivity contribution is 6.33. The molecular formula is C11H13ClN2O2. The summed E-state index contributed by atoms with van der Waals surface area (Å²) in [5, 5.41) is 9.57. The van der Waals surface area contributed by atoms with E-state index in [2.05, 4.69) is 4.98 Å². The van der Waals surface area contributed by atoms with Crippen molar-refractivity contribution in [3.05, 3.63) is 29.0 Å². The molecule has 0 spiro atoms. The number of aromatic nitrogens is 1. The smallest absolute Gasteiger partial charge is 0.257 e. The molecule has 1 N–H and O–H groups in total. The van der Waals surface area contributed by atoms with E-state index in [1.54, 1.807) is 17.2 Å². The number of likely N-dealkylation sites (tertiary alicyclic amines) is 1. The third-order valence-electron chi connectivity index (χ3n) is 2.85. The van der Waals surface area contributed by atoms with Crippen molar-refractivity contribution in [3.8, 4) is 0 Å². The van der Waals surface area contributed by atoms with Gasteiger partial charge in [-0.2, -0.15) is 0 Å². The molecule has 1 saturated heterocycles. The number of hydrogen-bond acceptors (Lipinski definition) is 3. The van der Waals surface area contributed by atoms with Crippen LogP contribution in [-0.2, 0) is 0 Å². The van der Waals surface area contributed by atoms with Crippen LogP contribution in [0.3, 0.4) is 0 Å². The van der Waals surface area contributed by atoms with Gasteiger partial charge < -0.3 is 10.0 Å². The summed E-state index contributed by atoms with van der Waals surface area (Å²) in [6, 6.07) is 1.52. The van der Waals surface area contributed by atoms with Crippen LogP contribution in [0.25, 0.3) is 0 Å². The van der Waals surface area contributed by atoms with E-state index in [4.69, 9.17) is 16.7 Å². The number of aliphatic hydroxyl groups excluding tert-OH is 1. The average Bonchev–Trinajstić information content (AvgIpc) is 2.77. The molecule has 0 aromatic carbocycles. The van der Waals surface area contributed by atoms with Crippen LogP contribution in [-0.4, -0.2) is 40.1 Å². The highest BCUT2D eigenvalue weighted by atomic mass is 35.5. The molecule has 1 amide bonds. The zero-order valence-corrected chi connectivity index (χ0v) is 9.52. The van der Waals surface area contributed by atoms with Gasteiger partial charge in [0.2, 0.25) is 0 Å². The molecule has 2 heterocycles. The first-order chi connectivity index (χ1) is 7.74. The Kier molecular flexibility index (Phi) is 3.41. The minimum Gasteiger partial charge on any atom is -0.394 e. The van der Waals surface area contributed by atoms with Crippen molar-refractivity contribution in [2.45, 2.75) is 18.9 Å². The highest BCUT2D eigenvalue weighted by Crippen LogP contribution is 2.22. The quantitative estimate of drug-likeness (QED) is 0.849. The van der Waals surface area contributed by atoms with E-state index in [1.807, 2.05) is 0 Å². The summed E-state index contributed by atoms with van der Waals surface area (Å²) >= 11 is 5.94. The topological polar surface area (TPSA) is 53.4 Å². The Morgan fingerprint density at radius 2 is 2.50 bits per heavy atom. The van der Waals surface area contributed by atoms with Gasteiger partial charge in [0.1, 0.15) is 0 Å². The van der Waals surface area contributed by atoms with Crippen LogP contribution in [0.15, 0.2) is 18.5 Å². The molecule has 4 nitrogen and oxygen atoms in total. The molecule has 1 atom stereocenters. The van der Waals surface area contributed by atoms with Gasteiger partial charge in [0.05, 0.1) is 23.2 Å². The molecule has 86 valence electrons. The second-order valence-corrected chi connectivity index (χ2v) is 4.24. The third-order valence-corrected chi connectivity index (χ3v) is 3.18. The van der Waals surface area contributed by atoms with Crippen molar-refractivity contribution < 1.29 is 9.90 Å². The fourth-order valence-electron chi connectivity index (χ4n) is 1.98. The van der Waals surface area contributed by atoms with Crippen LogP contribution >= 0.6 is 11.6 Å². The Bertz CT molecular complexity index is 397. The van der Waals surface area contributed by atoms with Crippen molar-refractivity contribution in [1.29, 1.82) is 0 Å². The first-order valence-corrected chi connectivity index (χ1v) is 5.63. The zero-order valence-electron chi connectivity index (χ0n) is 8.77. The molecule has 5 heteroatoms. The number of carbonyl (C=O) groups excluding carboxylic acids is 1. The van der Waals surface area contributed by atoms with E-state index >= 15 is 0 Å². The molecule has 16 heavy (non-hydrogen) atoms. The largest absolute Gasteiger partial charge is 0.394 e. The van der Waals surface area contributed by atoms with E-state index < -0.39 is 0 Å². The van der Waals surface area contributed by atoms with E-state index in [0.29, 0.717) is 17.1 Å². The van der Waals surface area contributed by atoms with Crippen LogP contribution in [0.1, 0.15) is 23.2 Å². The van der Waals surface area contributed by atoms with Gasteiger partial charge in [-0.25, -0.2) is 0 Å². The number of hydrogen-bond donors (Lipinski definition) is 1. The molecule has 0 saturated carbocycles. The molecule has 0 aliphatic carbocycles. The fraction of sp³-hybridized carbons (Fsp3) is 0.455. The molecule has 1 fully saturated rings. The van der Waals surface area contributed by atoms with Crippen LogP contribution in [0.5, 0.6) is 0 Å². The van der Waals surface area contributed by atoms with Crippen molar-refractivity contribution in [1.82, 2.24) is 9.88 Å². The predicted molar refractivity (Wildman–Crippen MR) is 60.4 cm³/mol. The minimum absolute atomic E-state index is 0.00359. The Balaban J connectivity index is 2.22. The lowest BCUT2D eigenvalue weighted by atomic mass is 10.2. The minimum atomic E-state index is -0.144.